The molecule has 44 heavy (non-hydrogen) atoms. The number of Topliss-reactive ketones (excluding diaryl/α,β-unsaturated/α-hetero) is 1. The highest BCUT2D eigenvalue weighted by molar-refractivity contribution is 6.37. The molecule has 0 bridgehead atoms. The molecule has 3 unspecified atom stereocenters. The number of ether oxygens (including phenoxy) is 1. The monoisotopic (exact) mass is 620 g/mol. The number of nitrogens with one attached hydrogen (secondary N) is 3. The molecule has 13 heteroatoms. The molecule has 248 valence electrons. The van der Waals surface area contributed by atoms with Crippen molar-refractivity contribution in [3.63, 3.8) is 0 Å². The fourth-order valence-corrected chi connectivity index (χ4v) is 6.10. The smallest absolute Gasteiger partial charge is 0.409 e. The van der Waals surface area contributed by atoms with Crippen molar-refractivity contribution >= 4 is 35.6 Å². The van der Waals surface area contributed by atoms with E-state index in [0.29, 0.717) is 13.0 Å². The van der Waals surface area contributed by atoms with Crippen LogP contribution < -0.4 is 21.7 Å². The van der Waals surface area contributed by atoms with E-state index in [9.17, 15) is 28.8 Å². The van der Waals surface area contributed by atoms with Crippen molar-refractivity contribution < 1.29 is 33.5 Å². The van der Waals surface area contributed by atoms with Crippen LogP contribution in [0, 0.1) is 34.0 Å². The molecule has 3 fully saturated rings. The molecular formula is C31H52N6O7. The summed E-state index contributed by atoms with van der Waals surface area (Å²) >= 11 is 0. The van der Waals surface area contributed by atoms with Crippen molar-refractivity contribution in [2.75, 3.05) is 27.2 Å². The number of hydrogen-bond acceptors (Lipinski definition) is 7. The average molecular weight is 621 g/mol. The molecule has 6 amide bonds. The molecule has 1 aliphatic heterocycles. The van der Waals surface area contributed by atoms with Crippen molar-refractivity contribution in [3.05, 3.63) is 0 Å². The zero-order chi connectivity index (χ0) is 33.5. The zero-order valence-electron chi connectivity index (χ0n) is 27.9. The molecule has 3 aliphatic rings. The van der Waals surface area contributed by atoms with E-state index in [0.717, 1.165) is 12.8 Å². The van der Waals surface area contributed by atoms with Crippen LogP contribution in [0.15, 0.2) is 0 Å². The first-order chi connectivity index (χ1) is 20.1. The van der Waals surface area contributed by atoms with E-state index < -0.39 is 70.6 Å². The number of carbonyl (C=O) groups excluding carboxylic acids is 6. The Morgan fingerprint density at radius 1 is 0.955 bits per heavy atom. The Balaban J connectivity index is 1.80. The second kappa shape index (κ2) is 12.5. The Bertz CT molecular complexity index is 1170. The molecule has 0 radical (unpaired) electrons. The van der Waals surface area contributed by atoms with Crippen LogP contribution in [0.4, 0.5) is 9.59 Å². The van der Waals surface area contributed by atoms with Gasteiger partial charge in [-0.15, -0.1) is 0 Å². The van der Waals surface area contributed by atoms with E-state index in [1.54, 1.807) is 14.1 Å². The van der Waals surface area contributed by atoms with Crippen molar-refractivity contribution in [1.82, 2.24) is 25.8 Å². The maximum absolute atomic E-state index is 14.2. The second-order valence-electron chi connectivity index (χ2n) is 15.7. The van der Waals surface area contributed by atoms with Gasteiger partial charge in [0.1, 0.15) is 18.7 Å². The number of amides is 6. The minimum atomic E-state index is -1.10. The first-order valence-corrected chi connectivity index (χ1v) is 15.4. The third-order valence-electron chi connectivity index (χ3n) is 9.38. The number of rotatable bonds is 11. The minimum Gasteiger partial charge on any atom is -0.447 e. The van der Waals surface area contributed by atoms with Crippen LogP contribution in [-0.2, 0) is 23.9 Å². The molecule has 0 aromatic carbocycles. The molecule has 2 aliphatic carbocycles. The minimum absolute atomic E-state index is 0.0685. The summed E-state index contributed by atoms with van der Waals surface area (Å²) < 4.78 is 5.33. The molecule has 1 heterocycles. The third kappa shape index (κ3) is 8.01. The number of primary amides is 1. The topological polar surface area (TPSA) is 180 Å². The lowest BCUT2D eigenvalue weighted by molar-refractivity contribution is -0.145. The predicted octanol–water partition coefficient (Wildman–Crippen LogP) is 1.64. The summed E-state index contributed by atoms with van der Waals surface area (Å²) in [6.07, 6.45) is 1.62. The molecule has 13 nitrogen and oxygen atoms in total. The van der Waals surface area contributed by atoms with Gasteiger partial charge in [-0.3, -0.25) is 19.2 Å². The second-order valence-corrected chi connectivity index (χ2v) is 15.7. The highest BCUT2D eigenvalue weighted by Crippen LogP contribution is 2.65. The van der Waals surface area contributed by atoms with Crippen molar-refractivity contribution in [2.45, 2.75) is 98.8 Å². The van der Waals surface area contributed by atoms with Gasteiger partial charge in [0.15, 0.2) is 0 Å². The predicted molar refractivity (Wildman–Crippen MR) is 163 cm³/mol. The number of ketones is 1. The number of fused-ring (bicyclic) bond motifs is 1. The summed E-state index contributed by atoms with van der Waals surface area (Å²) in [5, 5.41) is 8.44. The van der Waals surface area contributed by atoms with E-state index in [1.807, 2.05) is 55.4 Å². The first-order valence-electron chi connectivity index (χ1n) is 15.4. The van der Waals surface area contributed by atoms with Crippen molar-refractivity contribution in [3.8, 4) is 0 Å². The van der Waals surface area contributed by atoms with Gasteiger partial charge in [0.25, 0.3) is 5.91 Å². The van der Waals surface area contributed by atoms with Crippen molar-refractivity contribution in [1.29, 1.82) is 0 Å². The number of urea groups is 1. The summed E-state index contributed by atoms with van der Waals surface area (Å²) in [6, 6.07) is -4.08. The molecule has 1 saturated heterocycles. The van der Waals surface area contributed by atoms with Gasteiger partial charge in [0, 0.05) is 20.6 Å². The Labute approximate surface area is 260 Å². The van der Waals surface area contributed by atoms with Gasteiger partial charge >= 0.3 is 12.1 Å². The normalized spacial score (nSPS) is 24.2. The average Bonchev–Trinajstić information content (AvgIpc) is 3.74. The van der Waals surface area contributed by atoms with Gasteiger partial charge in [0.05, 0.1) is 12.1 Å². The number of carbonyl (C=O) groups is 6. The van der Waals surface area contributed by atoms with Crippen LogP contribution in [-0.4, -0.2) is 96.8 Å². The van der Waals surface area contributed by atoms with Gasteiger partial charge in [-0.2, -0.15) is 0 Å². The number of hydrogen-bond donors (Lipinski definition) is 4. The lowest BCUT2D eigenvalue weighted by atomic mass is 9.85. The van der Waals surface area contributed by atoms with Crippen LogP contribution >= 0.6 is 0 Å². The van der Waals surface area contributed by atoms with Crippen LogP contribution in [0.5, 0.6) is 0 Å². The lowest BCUT2D eigenvalue weighted by Crippen LogP contribution is -2.62. The molecule has 2 saturated carbocycles. The maximum Gasteiger partial charge on any atom is 0.409 e. The molecule has 0 aromatic heterocycles. The first kappa shape index (κ1) is 35.1. The van der Waals surface area contributed by atoms with Gasteiger partial charge in [-0.05, 0) is 40.4 Å². The van der Waals surface area contributed by atoms with E-state index >= 15 is 0 Å². The third-order valence-corrected chi connectivity index (χ3v) is 9.38. The molecule has 0 aromatic rings. The van der Waals surface area contributed by atoms with Crippen LogP contribution in [0.25, 0.3) is 0 Å². The molecule has 5 N–H and O–H groups in total. The van der Waals surface area contributed by atoms with E-state index in [1.165, 1.54) is 9.80 Å². The van der Waals surface area contributed by atoms with Crippen LogP contribution in [0.3, 0.4) is 0 Å². The number of likely N-dealkylation sites (tertiary alicyclic amines) is 1. The summed E-state index contributed by atoms with van der Waals surface area (Å²) in [6.45, 7) is 15.5. The quantitative estimate of drug-likeness (QED) is 0.253. The molecular weight excluding hydrogens is 568 g/mol. The Hall–Kier alpha value is -3.38. The van der Waals surface area contributed by atoms with E-state index in [4.69, 9.17) is 10.5 Å². The molecule has 3 rings (SSSR count). The number of nitrogens with zero attached hydrogens (tertiary/aromatic N) is 2. The largest absolute Gasteiger partial charge is 0.447 e. The summed E-state index contributed by atoms with van der Waals surface area (Å²) in [5.74, 6) is -2.68. The van der Waals surface area contributed by atoms with E-state index in [-0.39, 0.29) is 29.8 Å². The fourth-order valence-electron chi connectivity index (χ4n) is 6.10. The molecule has 0 spiro atoms. The zero-order valence-corrected chi connectivity index (χ0v) is 27.9. The highest BCUT2D eigenvalue weighted by atomic mass is 16.6. The van der Waals surface area contributed by atoms with Crippen LogP contribution in [0.2, 0.25) is 0 Å². The Kier molecular flexibility index (Phi) is 10.0. The van der Waals surface area contributed by atoms with Gasteiger partial charge < -0.3 is 36.2 Å². The summed E-state index contributed by atoms with van der Waals surface area (Å²) in [7, 11) is 3.13. The van der Waals surface area contributed by atoms with Crippen LogP contribution in [0.1, 0.15) is 74.7 Å². The lowest BCUT2D eigenvalue weighted by Gasteiger charge is -2.38. The Morgan fingerprint density at radius 3 is 2.02 bits per heavy atom. The number of piperidine rings is 1. The summed E-state index contributed by atoms with van der Waals surface area (Å²) in [4.78, 5) is 80.4. The fraction of sp³-hybridized carbons (Fsp3) is 0.806. The van der Waals surface area contributed by atoms with Gasteiger partial charge in [0.2, 0.25) is 17.6 Å². The van der Waals surface area contributed by atoms with Gasteiger partial charge in [-0.25, -0.2) is 9.59 Å². The standard InChI is InChI=1S/C31H52N6O7/c1-29(2,3)19(15-44-28(43)36(9)10)34-27(42)35-23(30(4,5)6)26(41)37-14-17-20(31(17,7)8)21(37)25(40)33-18(13-16-11-12-16)22(38)24(32)39/h16-21,23H,11-15H2,1-10H3,(H2,32,39)(H,33,40)(H2,34,35,42)/t17?,18?,19-,20?,21-,23+/m0/s1. The summed E-state index contributed by atoms with van der Waals surface area (Å²) in [5.41, 5.74) is 3.88. The van der Waals surface area contributed by atoms with Crippen molar-refractivity contribution in [2.24, 2.45) is 39.7 Å². The van der Waals surface area contributed by atoms with Gasteiger partial charge in [-0.1, -0.05) is 68.2 Å². The SMILES string of the molecule is CN(C)C(=O)OC[C@H](NC(=O)N[C@H](C(=O)N1CC2C([C@H]1C(=O)NC(CC1CC1)C(=O)C(N)=O)C2(C)C)C(C)(C)C)C(C)(C)C. The molecule has 6 atom stereocenters. The highest BCUT2D eigenvalue weighted by Gasteiger charge is 2.70. The van der Waals surface area contributed by atoms with E-state index in [2.05, 4.69) is 16.0 Å². The Morgan fingerprint density at radius 2 is 1.55 bits per heavy atom. The maximum atomic E-state index is 14.2. The number of nitrogens with two attached hydrogens (primary N) is 1.